The van der Waals surface area contributed by atoms with Gasteiger partial charge in [-0.05, 0) is 34.7 Å². The third kappa shape index (κ3) is 4.44. The van der Waals surface area contributed by atoms with Gasteiger partial charge in [0.25, 0.3) is 0 Å². The first kappa shape index (κ1) is 15.3. The smallest absolute Gasteiger partial charge is 0.0991 e. The van der Waals surface area contributed by atoms with E-state index in [-0.39, 0.29) is 0 Å². The van der Waals surface area contributed by atoms with Crippen LogP contribution in [0.2, 0.25) is 0 Å². The molecule has 2 nitrogen and oxygen atoms in total. The van der Waals surface area contributed by atoms with Crippen molar-refractivity contribution in [3.63, 3.8) is 0 Å². The van der Waals surface area contributed by atoms with Crippen molar-refractivity contribution < 1.29 is 4.74 Å². The summed E-state index contributed by atoms with van der Waals surface area (Å²) in [5.41, 5.74) is 4.16. The maximum atomic E-state index is 8.81. The van der Waals surface area contributed by atoms with Crippen molar-refractivity contribution in [1.82, 2.24) is 0 Å². The monoisotopic (exact) mass is 279 g/mol. The Morgan fingerprint density at radius 1 is 1.00 bits per heavy atom. The molecule has 0 aromatic heterocycles. The number of benzene rings is 2. The van der Waals surface area contributed by atoms with E-state index in [1.807, 2.05) is 24.3 Å². The van der Waals surface area contributed by atoms with E-state index in [0.29, 0.717) is 18.1 Å². The molecule has 2 aromatic carbocycles. The van der Waals surface area contributed by atoms with Crippen LogP contribution in [0.15, 0.2) is 48.5 Å². The van der Waals surface area contributed by atoms with E-state index in [4.69, 9.17) is 10.00 Å². The standard InChI is InChI=1S/C19H21NO/c1-3-15(2)13-21-14-17-6-10-19(11-7-17)18-8-4-16(12-20)5-9-18/h4-11,15H,3,13-14H2,1-2H3. The molecule has 2 heteroatoms. The molecule has 0 fully saturated rings. The third-order valence-electron chi connectivity index (χ3n) is 3.67. The molecule has 108 valence electrons. The maximum Gasteiger partial charge on any atom is 0.0991 e. The van der Waals surface area contributed by atoms with Gasteiger partial charge >= 0.3 is 0 Å². The zero-order valence-corrected chi connectivity index (χ0v) is 12.7. The topological polar surface area (TPSA) is 33.0 Å². The first-order valence-electron chi connectivity index (χ1n) is 7.40. The van der Waals surface area contributed by atoms with E-state index in [0.717, 1.165) is 24.2 Å². The van der Waals surface area contributed by atoms with Gasteiger partial charge in [-0.2, -0.15) is 5.26 Å². The first-order chi connectivity index (χ1) is 10.2. The summed E-state index contributed by atoms with van der Waals surface area (Å²) >= 11 is 0. The lowest BCUT2D eigenvalue weighted by Crippen LogP contribution is -2.04. The minimum atomic E-state index is 0.614. The zero-order chi connectivity index (χ0) is 15.1. The largest absolute Gasteiger partial charge is 0.376 e. The fraction of sp³-hybridized carbons (Fsp3) is 0.316. The molecule has 21 heavy (non-hydrogen) atoms. The van der Waals surface area contributed by atoms with Crippen LogP contribution in [0.1, 0.15) is 31.4 Å². The Morgan fingerprint density at radius 3 is 2.10 bits per heavy atom. The lowest BCUT2D eigenvalue weighted by molar-refractivity contribution is 0.0910. The van der Waals surface area contributed by atoms with Crippen molar-refractivity contribution in [2.75, 3.05) is 6.61 Å². The van der Waals surface area contributed by atoms with E-state index >= 15 is 0 Å². The summed E-state index contributed by atoms with van der Waals surface area (Å²) in [5.74, 6) is 0.614. The van der Waals surface area contributed by atoms with Crippen molar-refractivity contribution in [2.45, 2.75) is 26.9 Å². The zero-order valence-electron chi connectivity index (χ0n) is 12.7. The normalized spacial score (nSPS) is 11.9. The predicted molar refractivity (Wildman–Crippen MR) is 85.7 cm³/mol. The summed E-state index contributed by atoms with van der Waals surface area (Å²) < 4.78 is 5.71. The van der Waals surface area contributed by atoms with Gasteiger partial charge in [-0.1, -0.05) is 56.7 Å². The average molecular weight is 279 g/mol. The molecule has 0 aliphatic heterocycles. The maximum absolute atomic E-state index is 8.81. The van der Waals surface area contributed by atoms with Crippen LogP contribution in [-0.2, 0) is 11.3 Å². The highest BCUT2D eigenvalue weighted by atomic mass is 16.5. The van der Waals surface area contributed by atoms with E-state index < -0.39 is 0 Å². The Kier molecular flexibility index (Phi) is 5.54. The second-order valence-corrected chi connectivity index (χ2v) is 5.41. The van der Waals surface area contributed by atoms with Gasteiger partial charge in [0.2, 0.25) is 0 Å². The Balaban J connectivity index is 1.96. The van der Waals surface area contributed by atoms with Crippen molar-refractivity contribution in [1.29, 1.82) is 5.26 Å². The summed E-state index contributed by atoms with van der Waals surface area (Å²) in [6.45, 7) is 5.86. The molecule has 0 N–H and O–H groups in total. The van der Waals surface area contributed by atoms with E-state index in [9.17, 15) is 0 Å². The third-order valence-corrected chi connectivity index (χ3v) is 3.67. The second kappa shape index (κ2) is 7.61. The first-order valence-corrected chi connectivity index (χ1v) is 7.40. The number of hydrogen-bond acceptors (Lipinski definition) is 2. The van der Waals surface area contributed by atoms with Gasteiger partial charge in [-0.15, -0.1) is 0 Å². The Hall–Kier alpha value is -2.11. The van der Waals surface area contributed by atoms with Gasteiger partial charge in [-0.25, -0.2) is 0 Å². The van der Waals surface area contributed by atoms with Crippen molar-refractivity contribution in [3.05, 3.63) is 59.7 Å². The van der Waals surface area contributed by atoms with Crippen LogP contribution in [0.4, 0.5) is 0 Å². The molecule has 0 radical (unpaired) electrons. The molecule has 0 heterocycles. The number of nitrogens with zero attached hydrogens (tertiary/aromatic N) is 1. The number of hydrogen-bond donors (Lipinski definition) is 0. The minimum Gasteiger partial charge on any atom is -0.376 e. The summed E-state index contributed by atoms with van der Waals surface area (Å²) in [7, 11) is 0. The van der Waals surface area contributed by atoms with Crippen LogP contribution in [0.3, 0.4) is 0 Å². The molecule has 2 aromatic rings. The lowest BCUT2D eigenvalue weighted by Gasteiger charge is -2.10. The average Bonchev–Trinajstić information content (AvgIpc) is 2.55. The highest BCUT2D eigenvalue weighted by Crippen LogP contribution is 2.20. The van der Waals surface area contributed by atoms with Crippen LogP contribution >= 0.6 is 0 Å². The molecule has 0 bridgehead atoms. The van der Waals surface area contributed by atoms with Crippen molar-refractivity contribution in [2.24, 2.45) is 5.92 Å². The lowest BCUT2D eigenvalue weighted by atomic mass is 10.0. The Bertz CT molecular complexity index is 593. The molecule has 0 saturated heterocycles. The molecular formula is C19H21NO. The van der Waals surface area contributed by atoms with Crippen molar-refractivity contribution >= 4 is 0 Å². The SMILES string of the molecule is CCC(C)COCc1ccc(-c2ccc(C#N)cc2)cc1. The summed E-state index contributed by atoms with van der Waals surface area (Å²) in [4.78, 5) is 0. The van der Waals surface area contributed by atoms with Crippen LogP contribution in [-0.4, -0.2) is 6.61 Å². The second-order valence-electron chi connectivity index (χ2n) is 5.41. The Labute approximate surface area is 127 Å². The van der Waals surface area contributed by atoms with Crippen LogP contribution in [0.25, 0.3) is 11.1 Å². The number of rotatable bonds is 6. The van der Waals surface area contributed by atoms with Crippen LogP contribution in [0, 0.1) is 17.2 Å². The number of ether oxygens (including phenoxy) is 1. The molecule has 2 rings (SSSR count). The molecule has 0 saturated carbocycles. The molecule has 0 amide bonds. The molecule has 0 spiro atoms. The Morgan fingerprint density at radius 2 is 1.57 bits per heavy atom. The number of nitriles is 1. The fourth-order valence-electron chi connectivity index (χ4n) is 2.03. The fourth-order valence-corrected chi connectivity index (χ4v) is 2.03. The quantitative estimate of drug-likeness (QED) is 0.761. The van der Waals surface area contributed by atoms with Gasteiger partial charge in [0.05, 0.1) is 18.2 Å². The van der Waals surface area contributed by atoms with E-state index in [1.54, 1.807) is 0 Å². The molecule has 1 atom stereocenters. The molecule has 1 unspecified atom stereocenters. The van der Waals surface area contributed by atoms with E-state index in [1.165, 1.54) is 5.56 Å². The van der Waals surface area contributed by atoms with Gasteiger partial charge in [0.15, 0.2) is 0 Å². The van der Waals surface area contributed by atoms with Crippen molar-refractivity contribution in [3.8, 4) is 17.2 Å². The predicted octanol–water partition coefficient (Wildman–Crippen LogP) is 4.79. The van der Waals surface area contributed by atoms with Gasteiger partial charge in [0, 0.05) is 6.61 Å². The summed E-state index contributed by atoms with van der Waals surface area (Å²) in [5, 5.41) is 8.81. The molecular weight excluding hydrogens is 258 g/mol. The molecule has 0 aliphatic carbocycles. The summed E-state index contributed by atoms with van der Waals surface area (Å²) in [6, 6.07) is 18.2. The minimum absolute atomic E-state index is 0.614. The van der Waals surface area contributed by atoms with Gasteiger partial charge in [-0.3, -0.25) is 0 Å². The highest BCUT2D eigenvalue weighted by Gasteiger charge is 2.01. The highest BCUT2D eigenvalue weighted by molar-refractivity contribution is 5.64. The van der Waals surface area contributed by atoms with E-state index in [2.05, 4.69) is 44.2 Å². The van der Waals surface area contributed by atoms with Gasteiger partial charge < -0.3 is 4.74 Å². The summed E-state index contributed by atoms with van der Waals surface area (Å²) in [6.07, 6.45) is 1.15. The van der Waals surface area contributed by atoms with Gasteiger partial charge in [0.1, 0.15) is 0 Å². The molecule has 0 aliphatic rings. The van der Waals surface area contributed by atoms with Crippen LogP contribution < -0.4 is 0 Å². The van der Waals surface area contributed by atoms with Crippen LogP contribution in [0.5, 0.6) is 0 Å².